The molecule has 2 aliphatic rings. The highest BCUT2D eigenvalue weighted by molar-refractivity contribution is 5.66. The van der Waals surface area contributed by atoms with Gasteiger partial charge in [0.1, 0.15) is 0 Å². The van der Waals surface area contributed by atoms with E-state index in [1.54, 1.807) is 12.1 Å². The molecule has 1 aromatic rings. The van der Waals surface area contributed by atoms with Gasteiger partial charge in [0.2, 0.25) is 0 Å². The molecule has 1 aliphatic heterocycles. The van der Waals surface area contributed by atoms with E-state index in [1.165, 1.54) is 4.90 Å². The number of carbonyl (C=O) groups is 1. The van der Waals surface area contributed by atoms with Gasteiger partial charge in [-0.05, 0) is 29.9 Å². The first-order chi connectivity index (χ1) is 10.2. The first-order valence-corrected chi connectivity index (χ1v) is 7.06. The van der Waals surface area contributed by atoms with Crippen molar-refractivity contribution in [2.75, 3.05) is 13.1 Å². The van der Waals surface area contributed by atoms with Gasteiger partial charge in [0, 0.05) is 19.0 Å². The van der Waals surface area contributed by atoms with Gasteiger partial charge in [-0.25, -0.2) is 4.79 Å². The fourth-order valence-corrected chi connectivity index (χ4v) is 3.11. The molecule has 0 bridgehead atoms. The Hall–Kier alpha value is -1.76. The van der Waals surface area contributed by atoms with E-state index in [-0.39, 0.29) is 24.7 Å². The van der Waals surface area contributed by atoms with Crippen LogP contribution in [0.1, 0.15) is 35.8 Å². The van der Waals surface area contributed by atoms with Gasteiger partial charge in [-0.3, -0.25) is 0 Å². The van der Waals surface area contributed by atoms with Crippen LogP contribution in [0.3, 0.4) is 0 Å². The molecule has 0 unspecified atom stereocenters. The third-order valence-corrected chi connectivity index (χ3v) is 4.73. The summed E-state index contributed by atoms with van der Waals surface area (Å²) in [7, 11) is 0. The number of hydrogen-bond acceptors (Lipinski definition) is 2. The van der Waals surface area contributed by atoms with Gasteiger partial charge < -0.3 is 15.1 Å². The fourth-order valence-electron chi connectivity index (χ4n) is 3.11. The molecule has 1 aromatic carbocycles. The molecule has 1 aliphatic carbocycles. The van der Waals surface area contributed by atoms with Gasteiger partial charge in [-0.2, -0.15) is 13.2 Å². The second-order valence-electron chi connectivity index (χ2n) is 6.19. The Morgan fingerprint density at radius 1 is 1.09 bits per heavy atom. The Balaban J connectivity index is 1.59. The smallest absolute Gasteiger partial charge is 0.417 e. The average molecular weight is 315 g/mol. The molecule has 1 saturated heterocycles. The minimum Gasteiger partial charge on any atom is -0.465 e. The van der Waals surface area contributed by atoms with E-state index in [2.05, 4.69) is 0 Å². The van der Waals surface area contributed by atoms with Gasteiger partial charge >= 0.3 is 12.3 Å². The number of likely N-dealkylation sites (tertiary alicyclic amines) is 1. The molecule has 2 N–H and O–H groups in total. The lowest BCUT2D eigenvalue weighted by atomic mass is 9.67. The summed E-state index contributed by atoms with van der Waals surface area (Å²) in [6, 6.07) is 7.23. The maximum absolute atomic E-state index is 12.6. The lowest BCUT2D eigenvalue weighted by Gasteiger charge is -2.44. The zero-order valence-corrected chi connectivity index (χ0v) is 11.7. The molecule has 22 heavy (non-hydrogen) atoms. The van der Waals surface area contributed by atoms with E-state index in [4.69, 9.17) is 5.11 Å². The molecule has 120 valence electrons. The van der Waals surface area contributed by atoms with Crippen molar-refractivity contribution in [1.82, 2.24) is 4.90 Å². The van der Waals surface area contributed by atoms with Gasteiger partial charge in [0.25, 0.3) is 0 Å². The second kappa shape index (κ2) is 4.87. The van der Waals surface area contributed by atoms with Crippen LogP contribution in [0.4, 0.5) is 18.0 Å². The maximum Gasteiger partial charge on any atom is 0.417 e. The van der Waals surface area contributed by atoms with Gasteiger partial charge in [0.05, 0.1) is 0 Å². The molecule has 1 amide bonds. The van der Waals surface area contributed by atoms with Crippen molar-refractivity contribution in [2.24, 2.45) is 0 Å². The average Bonchev–Trinajstić information content (AvgIpc) is 2.32. The van der Waals surface area contributed by atoms with Crippen molar-refractivity contribution in [3.05, 3.63) is 35.4 Å². The van der Waals surface area contributed by atoms with Gasteiger partial charge in [0.15, 0.2) is 5.60 Å². The number of halogens is 3. The van der Waals surface area contributed by atoms with Crippen molar-refractivity contribution < 1.29 is 28.2 Å². The normalized spacial score (nSPS) is 28.9. The predicted octanol–water partition coefficient (Wildman–Crippen LogP) is 2.93. The molecular weight excluding hydrogens is 299 g/mol. The van der Waals surface area contributed by atoms with Crippen molar-refractivity contribution in [3.8, 4) is 0 Å². The highest BCUT2D eigenvalue weighted by Crippen LogP contribution is 2.52. The summed E-state index contributed by atoms with van der Waals surface area (Å²) in [5.41, 5.74) is -0.773. The molecule has 0 aromatic heterocycles. The third kappa shape index (κ3) is 2.43. The lowest BCUT2D eigenvalue weighted by Crippen LogP contribution is -2.54. The largest absolute Gasteiger partial charge is 0.465 e. The number of aliphatic hydroxyl groups is 1. The topological polar surface area (TPSA) is 60.8 Å². The number of benzene rings is 1. The predicted molar refractivity (Wildman–Crippen MR) is 71.8 cm³/mol. The van der Waals surface area contributed by atoms with Crippen LogP contribution in [-0.2, 0) is 0 Å². The van der Waals surface area contributed by atoms with Crippen molar-refractivity contribution in [2.45, 2.75) is 36.5 Å². The van der Waals surface area contributed by atoms with Gasteiger partial charge in [-0.15, -0.1) is 0 Å². The highest BCUT2D eigenvalue weighted by atomic mass is 19.4. The van der Waals surface area contributed by atoms with Crippen molar-refractivity contribution in [3.63, 3.8) is 0 Å². The first kappa shape index (κ1) is 15.1. The van der Waals surface area contributed by atoms with Crippen LogP contribution in [0.2, 0.25) is 0 Å². The molecule has 1 saturated carbocycles. The summed E-state index contributed by atoms with van der Waals surface area (Å²) >= 11 is 0. The molecule has 3 rings (SSSR count). The van der Waals surface area contributed by atoms with E-state index < -0.39 is 17.9 Å². The number of rotatable bonds is 2. The summed E-state index contributed by atoms with van der Waals surface area (Å²) in [6.45, 7) is 0.901. The molecule has 0 spiro atoms. The minimum atomic E-state index is -4.57. The number of amides is 1. The number of hydrogen-bond donors (Lipinski definition) is 2. The monoisotopic (exact) mass is 315 g/mol. The zero-order valence-electron chi connectivity index (χ0n) is 11.7. The molecule has 4 nitrogen and oxygen atoms in total. The molecule has 2 fully saturated rings. The standard InChI is InChI=1S/C15H16F3NO3/c16-15(17,18)14(22)5-11(6-14)9-1-3-10(4-2-9)12-7-19(8-12)13(20)21/h1-4,11-12,22H,5-8H2,(H,20,21). The minimum absolute atomic E-state index is 0.152. The Morgan fingerprint density at radius 2 is 1.55 bits per heavy atom. The summed E-state index contributed by atoms with van der Waals surface area (Å²) in [5, 5.41) is 18.2. The van der Waals surface area contributed by atoms with Crippen LogP contribution < -0.4 is 0 Å². The molecule has 1 heterocycles. The summed E-state index contributed by atoms with van der Waals surface area (Å²) in [5.74, 6) is -0.128. The van der Waals surface area contributed by atoms with E-state index in [1.807, 2.05) is 12.1 Å². The quantitative estimate of drug-likeness (QED) is 0.882. The lowest BCUT2D eigenvalue weighted by molar-refractivity contribution is -0.291. The SMILES string of the molecule is O=C(O)N1CC(c2ccc(C3CC(O)(C(F)(F)F)C3)cc2)C1. The number of alkyl halides is 3. The summed E-state index contributed by atoms with van der Waals surface area (Å²) in [6.07, 6.45) is -6.11. The Bertz CT molecular complexity index is 573. The maximum atomic E-state index is 12.6. The van der Waals surface area contributed by atoms with Crippen molar-refractivity contribution in [1.29, 1.82) is 0 Å². The van der Waals surface area contributed by atoms with Crippen LogP contribution in [0.5, 0.6) is 0 Å². The van der Waals surface area contributed by atoms with Crippen molar-refractivity contribution >= 4 is 6.09 Å². The molecule has 0 radical (unpaired) electrons. The third-order valence-electron chi connectivity index (χ3n) is 4.73. The van der Waals surface area contributed by atoms with E-state index >= 15 is 0 Å². The number of nitrogens with zero attached hydrogens (tertiary/aromatic N) is 1. The van der Waals surface area contributed by atoms with Crippen LogP contribution in [0.15, 0.2) is 24.3 Å². The molecule has 7 heteroatoms. The van der Waals surface area contributed by atoms with Crippen LogP contribution in [-0.4, -0.2) is 46.1 Å². The fraction of sp³-hybridized carbons (Fsp3) is 0.533. The van der Waals surface area contributed by atoms with E-state index in [0.717, 1.165) is 11.1 Å². The second-order valence-corrected chi connectivity index (χ2v) is 6.19. The summed E-state index contributed by atoms with van der Waals surface area (Å²) < 4.78 is 37.8. The molecule has 0 atom stereocenters. The van der Waals surface area contributed by atoms with Crippen LogP contribution in [0.25, 0.3) is 0 Å². The zero-order chi connectivity index (χ0) is 16.1. The first-order valence-electron chi connectivity index (χ1n) is 7.06. The molecular formula is C15H16F3NO3. The Morgan fingerprint density at radius 3 is 1.95 bits per heavy atom. The highest BCUT2D eigenvalue weighted by Gasteiger charge is 2.61. The Labute approximate surface area is 125 Å². The Kier molecular flexibility index (Phi) is 3.36. The van der Waals surface area contributed by atoms with Crippen LogP contribution >= 0.6 is 0 Å². The van der Waals surface area contributed by atoms with E-state index in [9.17, 15) is 23.1 Å². The van der Waals surface area contributed by atoms with Gasteiger partial charge in [-0.1, -0.05) is 24.3 Å². The summed E-state index contributed by atoms with van der Waals surface area (Å²) in [4.78, 5) is 12.0. The van der Waals surface area contributed by atoms with Crippen LogP contribution in [0, 0.1) is 0 Å². The van der Waals surface area contributed by atoms with E-state index in [0.29, 0.717) is 13.1 Å². The number of carboxylic acid groups (broad SMARTS) is 1.